The Morgan fingerprint density at radius 3 is 2.10 bits per heavy atom. The second-order valence-electron chi connectivity index (χ2n) is 7.64. The number of anilines is 1. The highest BCUT2D eigenvalue weighted by Crippen LogP contribution is 2.34. The Balaban J connectivity index is 1.99. The van der Waals surface area contributed by atoms with Gasteiger partial charge in [0.15, 0.2) is 0 Å². The Kier molecular flexibility index (Phi) is 5.99. The molecular formula is C24H25NO4S. The minimum absolute atomic E-state index is 0.0158. The van der Waals surface area contributed by atoms with Crippen LogP contribution in [0.15, 0.2) is 70.5 Å². The molecule has 0 spiro atoms. The Morgan fingerprint density at radius 2 is 1.53 bits per heavy atom. The van der Waals surface area contributed by atoms with Crippen LogP contribution in [0.25, 0.3) is 0 Å². The molecule has 0 aliphatic rings. The van der Waals surface area contributed by atoms with Crippen LogP contribution < -0.4 is 5.32 Å². The normalized spacial score (nSPS) is 11.5. The summed E-state index contributed by atoms with van der Waals surface area (Å²) in [5.74, 6) is -0.195. The molecule has 3 aromatic rings. The van der Waals surface area contributed by atoms with Crippen molar-refractivity contribution in [1.82, 2.24) is 0 Å². The summed E-state index contributed by atoms with van der Waals surface area (Å²) >= 11 is 0. The Morgan fingerprint density at radius 1 is 0.933 bits per heavy atom. The highest BCUT2D eigenvalue weighted by molar-refractivity contribution is 7.91. The van der Waals surface area contributed by atoms with Gasteiger partial charge < -0.3 is 10.4 Å². The maximum atomic E-state index is 13.3. The van der Waals surface area contributed by atoms with Gasteiger partial charge in [-0.25, -0.2) is 8.42 Å². The third kappa shape index (κ3) is 4.24. The van der Waals surface area contributed by atoms with Crippen LogP contribution in [-0.4, -0.2) is 19.4 Å². The molecule has 156 valence electrons. The summed E-state index contributed by atoms with van der Waals surface area (Å²) in [6, 6.07) is 16.5. The van der Waals surface area contributed by atoms with Crippen molar-refractivity contribution in [2.45, 2.75) is 43.4 Å². The summed E-state index contributed by atoms with van der Waals surface area (Å²) in [6.07, 6.45) is 0. The lowest BCUT2D eigenvalue weighted by Gasteiger charge is -2.16. The van der Waals surface area contributed by atoms with Gasteiger partial charge in [0.25, 0.3) is 5.91 Å². The van der Waals surface area contributed by atoms with Gasteiger partial charge >= 0.3 is 0 Å². The van der Waals surface area contributed by atoms with E-state index in [1.807, 2.05) is 19.9 Å². The van der Waals surface area contributed by atoms with E-state index in [0.717, 1.165) is 0 Å². The highest BCUT2D eigenvalue weighted by Gasteiger charge is 2.24. The van der Waals surface area contributed by atoms with E-state index < -0.39 is 9.84 Å². The Hall–Kier alpha value is -3.12. The maximum Gasteiger partial charge on any atom is 0.255 e. The molecule has 3 rings (SSSR count). The van der Waals surface area contributed by atoms with Crippen molar-refractivity contribution in [3.63, 3.8) is 0 Å². The molecule has 6 heteroatoms. The molecule has 3 aromatic carbocycles. The van der Waals surface area contributed by atoms with Gasteiger partial charge in [-0.1, -0.05) is 32.0 Å². The quantitative estimate of drug-likeness (QED) is 0.589. The summed E-state index contributed by atoms with van der Waals surface area (Å²) in [7, 11) is -3.79. The van der Waals surface area contributed by atoms with Gasteiger partial charge in [-0.05, 0) is 78.9 Å². The number of aromatic hydroxyl groups is 1. The van der Waals surface area contributed by atoms with Crippen LogP contribution in [0.1, 0.15) is 46.8 Å². The van der Waals surface area contributed by atoms with Gasteiger partial charge in [0, 0.05) is 11.3 Å². The molecule has 0 aliphatic heterocycles. The zero-order chi connectivity index (χ0) is 22.1. The van der Waals surface area contributed by atoms with E-state index in [1.54, 1.807) is 50.2 Å². The second-order valence-corrected chi connectivity index (χ2v) is 9.52. The van der Waals surface area contributed by atoms with E-state index in [2.05, 4.69) is 5.32 Å². The molecule has 2 N–H and O–H groups in total. The van der Waals surface area contributed by atoms with Crippen LogP contribution >= 0.6 is 0 Å². The van der Waals surface area contributed by atoms with Crippen LogP contribution in [0.5, 0.6) is 5.75 Å². The lowest BCUT2D eigenvalue weighted by molar-refractivity contribution is 0.102. The maximum absolute atomic E-state index is 13.3. The molecule has 0 saturated carbocycles. The summed E-state index contributed by atoms with van der Waals surface area (Å²) in [6.45, 7) is 7.21. The lowest BCUT2D eigenvalue weighted by atomic mass is 10.0. The average Bonchev–Trinajstić information content (AvgIpc) is 2.67. The van der Waals surface area contributed by atoms with Gasteiger partial charge in [0.1, 0.15) is 5.75 Å². The number of nitrogens with one attached hydrogen (secondary N) is 1. The molecule has 0 bridgehead atoms. The molecular weight excluding hydrogens is 398 g/mol. The fourth-order valence-electron chi connectivity index (χ4n) is 3.52. The van der Waals surface area contributed by atoms with Crippen LogP contribution in [0, 0.1) is 13.8 Å². The molecule has 1 amide bonds. The first-order valence-electron chi connectivity index (χ1n) is 9.67. The van der Waals surface area contributed by atoms with E-state index in [9.17, 15) is 18.3 Å². The fourth-order valence-corrected chi connectivity index (χ4v) is 5.25. The number of phenolic OH excluding ortho intramolecular Hbond substituents is 1. The van der Waals surface area contributed by atoms with Crippen LogP contribution in [-0.2, 0) is 9.84 Å². The zero-order valence-electron chi connectivity index (χ0n) is 17.4. The van der Waals surface area contributed by atoms with E-state index in [4.69, 9.17) is 0 Å². The molecule has 0 saturated heterocycles. The molecule has 5 nitrogen and oxygen atoms in total. The highest BCUT2D eigenvalue weighted by atomic mass is 32.2. The summed E-state index contributed by atoms with van der Waals surface area (Å²) < 4.78 is 26.7. The molecule has 0 heterocycles. The summed E-state index contributed by atoms with van der Waals surface area (Å²) in [5, 5.41) is 12.9. The Labute approximate surface area is 177 Å². The number of phenols is 1. The first-order valence-corrected chi connectivity index (χ1v) is 11.1. The van der Waals surface area contributed by atoms with Gasteiger partial charge in [0.05, 0.1) is 9.79 Å². The molecule has 30 heavy (non-hydrogen) atoms. The number of hydrogen-bond acceptors (Lipinski definition) is 4. The number of carbonyl (C=O) groups is 1. The third-order valence-corrected chi connectivity index (χ3v) is 7.01. The average molecular weight is 424 g/mol. The number of aryl methyl sites for hydroxylation is 2. The first-order chi connectivity index (χ1) is 14.1. The number of amides is 1. The number of hydrogen-bond donors (Lipinski definition) is 2. The SMILES string of the molecule is Cc1cc(NC(=O)c2ccccc2)cc(C)c1S(=O)(=O)c1ccc(O)c(C(C)C)c1. The van der Waals surface area contributed by atoms with Gasteiger partial charge in [-0.15, -0.1) is 0 Å². The topological polar surface area (TPSA) is 83.5 Å². The van der Waals surface area contributed by atoms with E-state index >= 15 is 0 Å². The predicted octanol–water partition coefficient (Wildman–Crippen LogP) is 5.22. The monoisotopic (exact) mass is 423 g/mol. The Bertz CT molecular complexity index is 1180. The smallest absolute Gasteiger partial charge is 0.255 e. The van der Waals surface area contributed by atoms with Crippen molar-refractivity contribution in [3.05, 3.63) is 82.9 Å². The van der Waals surface area contributed by atoms with E-state index in [0.29, 0.717) is 27.9 Å². The van der Waals surface area contributed by atoms with Crippen molar-refractivity contribution in [2.75, 3.05) is 5.32 Å². The van der Waals surface area contributed by atoms with Gasteiger partial charge in [-0.2, -0.15) is 0 Å². The van der Waals surface area contributed by atoms with Crippen molar-refractivity contribution in [2.24, 2.45) is 0 Å². The minimum atomic E-state index is -3.79. The van der Waals surface area contributed by atoms with Gasteiger partial charge in [-0.3, -0.25) is 4.79 Å². The van der Waals surface area contributed by atoms with Crippen molar-refractivity contribution < 1.29 is 18.3 Å². The standard InChI is InChI=1S/C24H25NO4S/c1-15(2)21-14-20(10-11-22(21)26)30(28,29)23-16(3)12-19(13-17(23)4)25-24(27)18-8-6-5-7-9-18/h5-15,26H,1-4H3,(H,25,27). The molecule has 0 fully saturated rings. The molecule has 0 radical (unpaired) electrons. The van der Waals surface area contributed by atoms with Gasteiger partial charge in [0.2, 0.25) is 9.84 Å². The second kappa shape index (κ2) is 8.32. The van der Waals surface area contributed by atoms with Crippen LogP contribution in [0.2, 0.25) is 0 Å². The fraction of sp³-hybridized carbons (Fsp3) is 0.208. The van der Waals surface area contributed by atoms with Crippen LogP contribution in [0.4, 0.5) is 5.69 Å². The summed E-state index contributed by atoms with van der Waals surface area (Å²) in [5.41, 5.74) is 2.72. The lowest BCUT2D eigenvalue weighted by Crippen LogP contribution is -2.13. The number of carbonyl (C=O) groups excluding carboxylic acids is 1. The molecule has 0 aromatic heterocycles. The minimum Gasteiger partial charge on any atom is -0.508 e. The van der Waals surface area contributed by atoms with Crippen molar-refractivity contribution >= 4 is 21.4 Å². The predicted molar refractivity (Wildman–Crippen MR) is 118 cm³/mol. The van der Waals surface area contributed by atoms with Crippen molar-refractivity contribution in [3.8, 4) is 5.75 Å². The van der Waals surface area contributed by atoms with Crippen molar-refractivity contribution in [1.29, 1.82) is 0 Å². The molecule has 0 aliphatic carbocycles. The first kappa shape index (κ1) is 21.6. The zero-order valence-corrected chi connectivity index (χ0v) is 18.2. The largest absolute Gasteiger partial charge is 0.508 e. The van der Waals surface area contributed by atoms with E-state index in [-0.39, 0.29) is 27.4 Å². The number of benzene rings is 3. The number of rotatable bonds is 5. The number of sulfone groups is 1. The summed E-state index contributed by atoms with van der Waals surface area (Å²) in [4.78, 5) is 12.8. The third-order valence-electron chi connectivity index (χ3n) is 4.95. The van der Waals surface area contributed by atoms with E-state index in [1.165, 1.54) is 18.2 Å². The molecule has 0 atom stereocenters. The molecule has 0 unspecified atom stereocenters. The van der Waals surface area contributed by atoms with Crippen LogP contribution in [0.3, 0.4) is 0 Å².